The third-order valence-corrected chi connectivity index (χ3v) is 6.28. The van der Waals surface area contributed by atoms with Crippen LogP contribution in [0.3, 0.4) is 0 Å². The number of hydrogen-bond acceptors (Lipinski definition) is 4. The van der Waals surface area contributed by atoms with Crippen LogP contribution in [0.15, 0.2) is 78.9 Å². The molecule has 0 atom stereocenters. The van der Waals surface area contributed by atoms with E-state index in [1.165, 1.54) is 25.3 Å². The summed E-state index contributed by atoms with van der Waals surface area (Å²) in [6, 6.07) is 21.4. The number of anilines is 2. The van der Waals surface area contributed by atoms with Crippen molar-refractivity contribution < 1.29 is 28.6 Å². The SMILES string of the molecule is COc1ccc(-c2ccc(Oc3ccccc3C(C)(C)C)c(NC(=O)Nc3ccc(C)cc3F)c2)cc1C(=O)O. The first-order chi connectivity index (χ1) is 19.0. The molecule has 0 saturated carbocycles. The summed E-state index contributed by atoms with van der Waals surface area (Å²) < 4.78 is 25.9. The van der Waals surface area contributed by atoms with Crippen LogP contribution in [0, 0.1) is 12.7 Å². The maximum absolute atomic E-state index is 14.4. The van der Waals surface area contributed by atoms with Gasteiger partial charge in [0.05, 0.1) is 18.5 Å². The Morgan fingerprint density at radius 2 is 1.45 bits per heavy atom. The van der Waals surface area contributed by atoms with Crippen molar-refractivity contribution in [3.8, 4) is 28.4 Å². The van der Waals surface area contributed by atoms with Crippen molar-refractivity contribution >= 4 is 23.4 Å². The predicted octanol–water partition coefficient (Wildman–Crippen LogP) is 8.24. The lowest BCUT2D eigenvalue weighted by Gasteiger charge is -2.23. The molecule has 0 spiro atoms. The van der Waals surface area contributed by atoms with Gasteiger partial charge in [0.25, 0.3) is 0 Å². The number of hydrogen-bond donors (Lipinski definition) is 3. The predicted molar refractivity (Wildman–Crippen MR) is 154 cm³/mol. The number of amides is 2. The summed E-state index contributed by atoms with van der Waals surface area (Å²) in [6.07, 6.45) is 0. The summed E-state index contributed by atoms with van der Waals surface area (Å²) in [5, 5.41) is 14.9. The Hall–Kier alpha value is -4.85. The number of nitrogens with one attached hydrogen (secondary N) is 2. The van der Waals surface area contributed by atoms with E-state index >= 15 is 0 Å². The lowest BCUT2D eigenvalue weighted by molar-refractivity contribution is 0.0693. The van der Waals surface area contributed by atoms with Gasteiger partial charge < -0.3 is 25.2 Å². The molecule has 2 amide bonds. The van der Waals surface area contributed by atoms with Gasteiger partial charge in [0.2, 0.25) is 0 Å². The molecule has 8 heteroatoms. The molecule has 0 aromatic heterocycles. The number of aromatic carboxylic acids is 1. The Balaban J connectivity index is 1.75. The molecule has 7 nitrogen and oxygen atoms in total. The average molecular weight is 543 g/mol. The molecule has 3 N–H and O–H groups in total. The van der Waals surface area contributed by atoms with Crippen molar-refractivity contribution in [2.45, 2.75) is 33.1 Å². The van der Waals surface area contributed by atoms with Crippen LogP contribution in [-0.2, 0) is 5.41 Å². The summed E-state index contributed by atoms with van der Waals surface area (Å²) in [4.78, 5) is 24.8. The van der Waals surface area contributed by atoms with Crippen LogP contribution in [0.1, 0.15) is 42.3 Å². The van der Waals surface area contributed by atoms with Gasteiger partial charge in [0.1, 0.15) is 22.9 Å². The second-order valence-electron chi connectivity index (χ2n) is 10.3. The highest BCUT2D eigenvalue weighted by atomic mass is 19.1. The van der Waals surface area contributed by atoms with Crippen molar-refractivity contribution in [3.63, 3.8) is 0 Å². The second-order valence-corrected chi connectivity index (χ2v) is 10.3. The summed E-state index contributed by atoms with van der Waals surface area (Å²) in [6.45, 7) is 7.98. The lowest BCUT2D eigenvalue weighted by atomic mass is 9.86. The zero-order chi connectivity index (χ0) is 29.0. The van der Waals surface area contributed by atoms with Crippen LogP contribution >= 0.6 is 0 Å². The highest BCUT2D eigenvalue weighted by Gasteiger charge is 2.21. The van der Waals surface area contributed by atoms with Gasteiger partial charge in [-0.25, -0.2) is 14.0 Å². The molecule has 0 heterocycles. The first kappa shape index (κ1) is 28.2. The Morgan fingerprint density at radius 3 is 2.10 bits per heavy atom. The van der Waals surface area contributed by atoms with Gasteiger partial charge in [-0.1, -0.05) is 57.2 Å². The Morgan fingerprint density at radius 1 is 0.800 bits per heavy atom. The minimum absolute atomic E-state index is 0.00142. The topological polar surface area (TPSA) is 96.9 Å². The minimum Gasteiger partial charge on any atom is -0.496 e. The van der Waals surface area contributed by atoms with Crippen LogP contribution < -0.4 is 20.1 Å². The van der Waals surface area contributed by atoms with E-state index in [-0.39, 0.29) is 22.4 Å². The van der Waals surface area contributed by atoms with Crippen LogP contribution in [0.4, 0.5) is 20.6 Å². The minimum atomic E-state index is -1.13. The molecule has 206 valence electrons. The molecule has 0 aliphatic rings. The number of urea groups is 1. The molecular weight excluding hydrogens is 511 g/mol. The molecule has 0 bridgehead atoms. The maximum Gasteiger partial charge on any atom is 0.339 e. The number of aryl methyl sites for hydroxylation is 1. The fourth-order valence-electron chi connectivity index (χ4n) is 4.24. The molecule has 4 aromatic rings. The smallest absolute Gasteiger partial charge is 0.339 e. The van der Waals surface area contributed by atoms with Gasteiger partial charge in [0, 0.05) is 5.56 Å². The van der Waals surface area contributed by atoms with Crippen LogP contribution in [0.5, 0.6) is 17.2 Å². The standard InChI is InChI=1S/C32H31FN2O5/c1-19-10-13-25(24(33)16-19)34-31(38)35-26-18-21(20-11-14-27(39-5)22(17-20)30(36)37)12-15-29(26)40-28-9-7-6-8-23(28)32(2,3)4/h6-18H,1-5H3,(H,36,37)(H2,34,35,38). The lowest BCUT2D eigenvalue weighted by Crippen LogP contribution is -2.20. The van der Waals surface area contributed by atoms with Gasteiger partial charge >= 0.3 is 12.0 Å². The van der Waals surface area contributed by atoms with E-state index < -0.39 is 17.8 Å². The van der Waals surface area contributed by atoms with Crippen molar-refractivity contribution in [1.82, 2.24) is 0 Å². The fourth-order valence-corrected chi connectivity index (χ4v) is 4.24. The third kappa shape index (κ3) is 6.40. The van der Waals surface area contributed by atoms with E-state index in [2.05, 4.69) is 31.4 Å². The number of halogens is 1. The Kier molecular flexibility index (Phi) is 8.09. The number of para-hydroxylation sites is 1. The van der Waals surface area contributed by atoms with E-state index in [4.69, 9.17) is 9.47 Å². The van der Waals surface area contributed by atoms with Crippen molar-refractivity contribution in [3.05, 3.63) is 101 Å². The van der Waals surface area contributed by atoms with Crippen molar-refractivity contribution in [2.24, 2.45) is 0 Å². The molecule has 40 heavy (non-hydrogen) atoms. The van der Waals surface area contributed by atoms with Gasteiger partial charge in [-0.15, -0.1) is 0 Å². The normalized spacial score (nSPS) is 11.1. The fraction of sp³-hybridized carbons (Fsp3) is 0.188. The highest BCUT2D eigenvalue weighted by Crippen LogP contribution is 2.39. The molecule has 4 rings (SSSR count). The zero-order valence-electron chi connectivity index (χ0n) is 23.0. The van der Waals surface area contributed by atoms with E-state index in [0.29, 0.717) is 28.3 Å². The largest absolute Gasteiger partial charge is 0.496 e. The van der Waals surface area contributed by atoms with E-state index in [0.717, 1.165) is 11.1 Å². The van der Waals surface area contributed by atoms with E-state index in [1.54, 1.807) is 43.3 Å². The number of benzene rings is 4. The zero-order valence-corrected chi connectivity index (χ0v) is 23.0. The Labute approximate surface area is 232 Å². The number of ether oxygens (including phenoxy) is 2. The number of carboxylic acids is 1. The molecule has 0 saturated heterocycles. The van der Waals surface area contributed by atoms with Gasteiger partial charge in [-0.05, 0) is 71.5 Å². The van der Waals surface area contributed by atoms with Crippen molar-refractivity contribution in [1.29, 1.82) is 0 Å². The molecule has 0 fully saturated rings. The van der Waals surface area contributed by atoms with E-state index in [1.807, 2.05) is 24.3 Å². The Bertz CT molecular complexity index is 1580. The molecule has 0 aliphatic heterocycles. The first-order valence-corrected chi connectivity index (χ1v) is 12.6. The molecule has 0 radical (unpaired) electrons. The van der Waals surface area contributed by atoms with Gasteiger partial charge in [0.15, 0.2) is 5.75 Å². The number of carbonyl (C=O) groups excluding carboxylic acids is 1. The molecule has 4 aromatic carbocycles. The van der Waals surface area contributed by atoms with Gasteiger partial charge in [-0.2, -0.15) is 0 Å². The van der Waals surface area contributed by atoms with Crippen LogP contribution in [0.2, 0.25) is 0 Å². The number of carbonyl (C=O) groups is 2. The van der Waals surface area contributed by atoms with Crippen LogP contribution in [0.25, 0.3) is 11.1 Å². The monoisotopic (exact) mass is 542 g/mol. The quantitative estimate of drug-likeness (QED) is 0.219. The third-order valence-electron chi connectivity index (χ3n) is 6.28. The summed E-state index contributed by atoms with van der Waals surface area (Å²) in [5.41, 5.74) is 3.04. The molecule has 0 aliphatic carbocycles. The summed E-state index contributed by atoms with van der Waals surface area (Å²) in [7, 11) is 1.40. The number of methoxy groups -OCH3 is 1. The van der Waals surface area contributed by atoms with Crippen LogP contribution in [-0.4, -0.2) is 24.2 Å². The van der Waals surface area contributed by atoms with Crippen molar-refractivity contribution in [2.75, 3.05) is 17.7 Å². The molecular formula is C32H31FN2O5. The number of carboxylic acid groups (broad SMARTS) is 1. The summed E-state index contributed by atoms with van der Waals surface area (Å²) in [5.74, 6) is -0.484. The summed E-state index contributed by atoms with van der Waals surface area (Å²) >= 11 is 0. The highest BCUT2D eigenvalue weighted by molar-refractivity contribution is 6.01. The second kappa shape index (κ2) is 11.5. The maximum atomic E-state index is 14.4. The molecule has 0 unspecified atom stereocenters. The number of rotatable bonds is 7. The average Bonchev–Trinajstić information content (AvgIpc) is 2.90. The van der Waals surface area contributed by atoms with Gasteiger partial charge in [-0.3, -0.25) is 0 Å². The van der Waals surface area contributed by atoms with E-state index in [9.17, 15) is 19.1 Å². The first-order valence-electron chi connectivity index (χ1n) is 12.6.